The summed E-state index contributed by atoms with van der Waals surface area (Å²) < 4.78 is 7.39. The number of furan rings is 1. The minimum Gasteiger partial charge on any atom is -0.466 e. The van der Waals surface area contributed by atoms with Crippen LogP contribution in [0.15, 0.2) is 39.9 Å². The van der Waals surface area contributed by atoms with Crippen molar-refractivity contribution in [3.8, 4) is 5.82 Å². The molecular formula is C23H32N6O2. The Hall–Kier alpha value is -3.13. The molecule has 3 heterocycles. The molecule has 0 amide bonds. The molecule has 0 aliphatic rings. The van der Waals surface area contributed by atoms with Crippen LogP contribution in [0.5, 0.6) is 0 Å². The normalized spacial score (nSPS) is 13.8. The molecule has 166 valence electrons. The van der Waals surface area contributed by atoms with Gasteiger partial charge in [0.25, 0.3) is 0 Å². The third-order valence-corrected chi connectivity index (χ3v) is 5.02. The predicted octanol–water partition coefficient (Wildman–Crippen LogP) is 3.06. The average molecular weight is 425 g/mol. The number of aliphatic imine (C=N–C) groups is 1. The molecule has 0 aliphatic heterocycles. The summed E-state index contributed by atoms with van der Waals surface area (Å²) in [6.07, 6.45) is 1.81. The molecule has 1 atom stereocenters. The molecule has 0 bridgehead atoms. The Morgan fingerprint density at radius 3 is 2.52 bits per heavy atom. The third kappa shape index (κ3) is 5.52. The Morgan fingerprint density at radius 2 is 1.97 bits per heavy atom. The van der Waals surface area contributed by atoms with E-state index in [0.717, 1.165) is 39.9 Å². The highest BCUT2D eigenvalue weighted by Gasteiger charge is 2.27. The smallest absolute Gasteiger partial charge is 0.191 e. The van der Waals surface area contributed by atoms with Gasteiger partial charge in [-0.25, -0.2) is 14.7 Å². The van der Waals surface area contributed by atoms with Crippen LogP contribution in [-0.4, -0.2) is 38.9 Å². The zero-order chi connectivity index (χ0) is 22.6. The fraction of sp³-hybridized carbons (Fsp3) is 0.435. The van der Waals surface area contributed by atoms with Gasteiger partial charge in [0.2, 0.25) is 0 Å². The topological polar surface area (TPSA) is 100 Å². The lowest BCUT2D eigenvalue weighted by atomic mass is 9.96. The van der Waals surface area contributed by atoms with E-state index >= 15 is 0 Å². The van der Waals surface area contributed by atoms with Crippen LogP contribution in [0.25, 0.3) is 5.82 Å². The fourth-order valence-electron chi connectivity index (χ4n) is 3.53. The lowest BCUT2D eigenvalue weighted by Gasteiger charge is -2.24. The van der Waals surface area contributed by atoms with E-state index in [0.29, 0.717) is 25.6 Å². The first-order chi connectivity index (χ1) is 14.7. The van der Waals surface area contributed by atoms with Gasteiger partial charge in [-0.1, -0.05) is 6.07 Å². The van der Waals surface area contributed by atoms with Gasteiger partial charge in [-0.3, -0.25) is 0 Å². The molecule has 0 spiro atoms. The molecule has 0 aliphatic carbocycles. The summed E-state index contributed by atoms with van der Waals surface area (Å²) in [5.41, 5.74) is 2.68. The molecule has 0 saturated heterocycles. The van der Waals surface area contributed by atoms with Crippen molar-refractivity contribution in [2.75, 3.05) is 13.1 Å². The van der Waals surface area contributed by atoms with E-state index in [2.05, 4.69) is 25.7 Å². The van der Waals surface area contributed by atoms with Crippen molar-refractivity contribution in [3.05, 3.63) is 64.5 Å². The third-order valence-electron chi connectivity index (χ3n) is 5.02. The van der Waals surface area contributed by atoms with Crippen molar-refractivity contribution in [2.45, 2.75) is 53.7 Å². The molecule has 0 radical (unpaired) electrons. The van der Waals surface area contributed by atoms with Gasteiger partial charge in [0.05, 0.1) is 18.8 Å². The molecule has 3 rings (SSSR count). The molecule has 1 unspecified atom stereocenters. The first-order valence-electron chi connectivity index (χ1n) is 10.5. The SMILES string of the molecule is CCNC(=NCc1ccc(-n2nc(C)cc2C)nc1)NCC(C)(O)c1cc(C)oc1C. The van der Waals surface area contributed by atoms with Gasteiger partial charge in [-0.05, 0) is 65.3 Å². The molecule has 3 N–H and O–H groups in total. The lowest BCUT2D eigenvalue weighted by Crippen LogP contribution is -2.44. The monoisotopic (exact) mass is 424 g/mol. The van der Waals surface area contributed by atoms with E-state index < -0.39 is 5.60 Å². The zero-order valence-electron chi connectivity index (χ0n) is 19.2. The molecule has 8 nitrogen and oxygen atoms in total. The van der Waals surface area contributed by atoms with Crippen LogP contribution < -0.4 is 10.6 Å². The Labute approximate surface area is 183 Å². The molecule has 8 heteroatoms. The number of hydrogen-bond donors (Lipinski definition) is 3. The summed E-state index contributed by atoms with van der Waals surface area (Å²) in [7, 11) is 0. The molecule has 0 saturated carbocycles. The highest BCUT2D eigenvalue weighted by atomic mass is 16.3. The standard InChI is InChI=1S/C23H32N6O2/c1-7-24-22(27-14-23(6,30)20-11-17(4)31-18(20)5)26-13-19-8-9-21(25-12-19)29-16(3)10-15(2)28-29/h8-12,30H,7,13-14H2,1-6H3,(H2,24,26,27). The van der Waals surface area contributed by atoms with Crippen LogP contribution >= 0.6 is 0 Å². The zero-order valence-corrected chi connectivity index (χ0v) is 19.2. The Kier molecular flexibility index (Phi) is 6.80. The van der Waals surface area contributed by atoms with Crippen molar-refractivity contribution in [2.24, 2.45) is 4.99 Å². The van der Waals surface area contributed by atoms with Gasteiger partial charge >= 0.3 is 0 Å². The van der Waals surface area contributed by atoms with Gasteiger partial charge < -0.3 is 20.2 Å². The number of rotatable bonds is 7. The van der Waals surface area contributed by atoms with Crippen molar-refractivity contribution in [1.82, 2.24) is 25.4 Å². The van der Waals surface area contributed by atoms with Crippen LogP contribution in [0, 0.1) is 27.7 Å². The van der Waals surface area contributed by atoms with Crippen molar-refractivity contribution in [1.29, 1.82) is 0 Å². The number of aromatic nitrogens is 3. The maximum Gasteiger partial charge on any atom is 0.191 e. The van der Waals surface area contributed by atoms with Crippen LogP contribution in [0.4, 0.5) is 0 Å². The van der Waals surface area contributed by atoms with Gasteiger partial charge in [0.15, 0.2) is 11.8 Å². The second-order valence-electron chi connectivity index (χ2n) is 8.01. The molecular weight excluding hydrogens is 392 g/mol. The lowest BCUT2D eigenvalue weighted by molar-refractivity contribution is 0.0601. The first kappa shape index (κ1) is 22.6. The van der Waals surface area contributed by atoms with Crippen LogP contribution in [0.2, 0.25) is 0 Å². The summed E-state index contributed by atoms with van der Waals surface area (Å²) in [5.74, 6) is 2.92. The number of hydrogen-bond acceptors (Lipinski definition) is 5. The van der Waals surface area contributed by atoms with Gasteiger partial charge in [0, 0.05) is 24.0 Å². The Balaban J connectivity index is 1.66. The van der Waals surface area contributed by atoms with Gasteiger partial charge in [0.1, 0.15) is 17.1 Å². The van der Waals surface area contributed by atoms with E-state index in [1.165, 1.54) is 0 Å². The molecule has 31 heavy (non-hydrogen) atoms. The van der Waals surface area contributed by atoms with Crippen LogP contribution in [0.1, 0.15) is 47.9 Å². The van der Waals surface area contributed by atoms with Crippen LogP contribution in [0.3, 0.4) is 0 Å². The van der Waals surface area contributed by atoms with E-state index in [4.69, 9.17) is 4.42 Å². The largest absolute Gasteiger partial charge is 0.466 e. The van der Waals surface area contributed by atoms with E-state index in [1.54, 1.807) is 6.92 Å². The summed E-state index contributed by atoms with van der Waals surface area (Å²) in [5, 5.41) is 21.8. The van der Waals surface area contributed by atoms with Crippen molar-refractivity contribution >= 4 is 5.96 Å². The van der Waals surface area contributed by atoms with E-state index in [-0.39, 0.29) is 0 Å². The predicted molar refractivity (Wildman–Crippen MR) is 121 cm³/mol. The maximum absolute atomic E-state index is 10.9. The number of pyridine rings is 1. The number of guanidine groups is 1. The second kappa shape index (κ2) is 9.34. The average Bonchev–Trinajstić information content (AvgIpc) is 3.24. The highest BCUT2D eigenvalue weighted by molar-refractivity contribution is 5.79. The van der Waals surface area contributed by atoms with Crippen LogP contribution in [-0.2, 0) is 12.1 Å². The molecule has 0 fully saturated rings. The second-order valence-corrected chi connectivity index (χ2v) is 8.01. The quantitative estimate of drug-likeness (QED) is 0.398. The number of aliphatic hydroxyl groups is 1. The van der Waals surface area contributed by atoms with Crippen molar-refractivity contribution < 1.29 is 9.52 Å². The summed E-state index contributed by atoms with van der Waals surface area (Å²) in [4.78, 5) is 9.15. The highest BCUT2D eigenvalue weighted by Crippen LogP contribution is 2.26. The summed E-state index contributed by atoms with van der Waals surface area (Å²) >= 11 is 0. The van der Waals surface area contributed by atoms with E-state index in [1.807, 2.05) is 69.8 Å². The maximum atomic E-state index is 10.9. The number of nitrogens with zero attached hydrogens (tertiary/aromatic N) is 4. The minimum atomic E-state index is -1.08. The Morgan fingerprint density at radius 1 is 1.19 bits per heavy atom. The van der Waals surface area contributed by atoms with Crippen molar-refractivity contribution in [3.63, 3.8) is 0 Å². The van der Waals surface area contributed by atoms with E-state index in [9.17, 15) is 5.11 Å². The fourth-order valence-corrected chi connectivity index (χ4v) is 3.53. The molecule has 3 aromatic rings. The summed E-state index contributed by atoms with van der Waals surface area (Å²) in [6, 6.07) is 7.84. The molecule has 0 aromatic carbocycles. The first-order valence-corrected chi connectivity index (χ1v) is 10.5. The Bertz CT molecular complexity index is 1050. The number of nitrogens with one attached hydrogen (secondary N) is 2. The molecule has 3 aromatic heterocycles. The van der Waals surface area contributed by atoms with Gasteiger partial charge in [-0.15, -0.1) is 0 Å². The minimum absolute atomic E-state index is 0.299. The summed E-state index contributed by atoms with van der Waals surface area (Å²) in [6.45, 7) is 13.0. The number of aryl methyl sites for hydroxylation is 4. The van der Waals surface area contributed by atoms with Gasteiger partial charge in [-0.2, -0.15) is 5.10 Å².